The Balaban J connectivity index is 4.88. The SMILES string of the molecule is C=C/C(=C\C(CC)C(C)NC(C)C(=C)/C=C\C=C(/C)C(C)C)C(C)C. The summed E-state index contributed by atoms with van der Waals surface area (Å²) in [5.41, 5.74) is 3.84. The van der Waals surface area contributed by atoms with Crippen LogP contribution >= 0.6 is 0 Å². The second kappa shape index (κ2) is 12.1. The molecule has 0 aromatic carbocycles. The van der Waals surface area contributed by atoms with Crippen molar-refractivity contribution in [1.82, 2.24) is 5.32 Å². The lowest BCUT2D eigenvalue weighted by Gasteiger charge is -2.26. The molecule has 142 valence electrons. The highest BCUT2D eigenvalue weighted by Crippen LogP contribution is 2.19. The Morgan fingerprint density at radius 1 is 1.04 bits per heavy atom. The fourth-order valence-electron chi connectivity index (χ4n) is 2.64. The van der Waals surface area contributed by atoms with Crippen LogP contribution in [0, 0.1) is 17.8 Å². The first-order chi connectivity index (χ1) is 11.6. The van der Waals surface area contributed by atoms with E-state index in [9.17, 15) is 0 Å². The molecule has 1 heteroatoms. The van der Waals surface area contributed by atoms with Crippen LogP contribution < -0.4 is 5.32 Å². The van der Waals surface area contributed by atoms with Gasteiger partial charge in [-0.05, 0) is 56.1 Å². The van der Waals surface area contributed by atoms with Crippen molar-refractivity contribution >= 4 is 0 Å². The van der Waals surface area contributed by atoms with Crippen molar-refractivity contribution in [3.05, 3.63) is 60.3 Å². The molecule has 3 atom stereocenters. The molecule has 0 aliphatic carbocycles. The average molecular weight is 344 g/mol. The Bertz CT molecular complexity index is 502. The first kappa shape index (κ1) is 23.7. The van der Waals surface area contributed by atoms with Crippen molar-refractivity contribution in [3.63, 3.8) is 0 Å². The second-order valence-corrected chi connectivity index (χ2v) is 7.77. The van der Waals surface area contributed by atoms with E-state index in [1.165, 1.54) is 11.1 Å². The van der Waals surface area contributed by atoms with E-state index in [2.05, 4.69) is 98.2 Å². The zero-order chi connectivity index (χ0) is 19.6. The fourth-order valence-corrected chi connectivity index (χ4v) is 2.64. The maximum Gasteiger partial charge on any atom is 0.0288 e. The molecule has 3 unspecified atom stereocenters. The maximum atomic E-state index is 4.23. The van der Waals surface area contributed by atoms with E-state index in [0.29, 0.717) is 23.8 Å². The summed E-state index contributed by atoms with van der Waals surface area (Å²) < 4.78 is 0. The Hall–Kier alpha value is -1.34. The lowest BCUT2D eigenvalue weighted by molar-refractivity contribution is 0.402. The van der Waals surface area contributed by atoms with Crippen molar-refractivity contribution < 1.29 is 0 Å². The van der Waals surface area contributed by atoms with Gasteiger partial charge in [-0.2, -0.15) is 0 Å². The maximum absolute atomic E-state index is 4.23. The summed E-state index contributed by atoms with van der Waals surface area (Å²) in [6, 6.07) is 0.652. The van der Waals surface area contributed by atoms with Crippen LogP contribution in [0.25, 0.3) is 0 Å². The van der Waals surface area contributed by atoms with Crippen LogP contribution in [0.4, 0.5) is 0 Å². The Morgan fingerprint density at radius 3 is 2.08 bits per heavy atom. The van der Waals surface area contributed by atoms with Gasteiger partial charge in [-0.25, -0.2) is 0 Å². The van der Waals surface area contributed by atoms with Gasteiger partial charge in [0.2, 0.25) is 0 Å². The van der Waals surface area contributed by atoms with E-state index >= 15 is 0 Å². The number of rotatable bonds is 11. The van der Waals surface area contributed by atoms with E-state index < -0.39 is 0 Å². The molecule has 0 rings (SSSR count). The summed E-state index contributed by atoms with van der Waals surface area (Å²) in [7, 11) is 0. The van der Waals surface area contributed by atoms with Crippen molar-refractivity contribution in [3.8, 4) is 0 Å². The minimum atomic E-state index is 0.257. The molecular formula is C24H41N. The standard InChI is InChI=1S/C24H41N/c1-11-23(18(5)6)16-24(12-2)22(10)25-21(9)20(8)15-13-14-19(7)17(3)4/h11,13-18,21-22,24-25H,1,8,12H2,2-7,9-10H3/b15-13-,19-14+,23-16+. The predicted molar refractivity (Wildman–Crippen MR) is 116 cm³/mol. The Kier molecular flexibility index (Phi) is 11.4. The van der Waals surface area contributed by atoms with Gasteiger partial charge in [0.05, 0.1) is 0 Å². The van der Waals surface area contributed by atoms with Crippen LogP contribution in [0.1, 0.15) is 61.8 Å². The third-order valence-electron chi connectivity index (χ3n) is 5.07. The van der Waals surface area contributed by atoms with Crippen LogP contribution in [0.3, 0.4) is 0 Å². The van der Waals surface area contributed by atoms with Crippen molar-refractivity contribution in [2.75, 3.05) is 0 Å². The molecule has 0 saturated heterocycles. The summed E-state index contributed by atoms with van der Waals surface area (Å²) >= 11 is 0. The van der Waals surface area contributed by atoms with Gasteiger partial charge in [0.25, 0.3) is 0 Å². The monoisotopic (exact) mass is 343 g/mol. The van der Waals surface area contributed by atoms with Crippen LogP contribution in [-0.4, -0.2) is 12.1 Å². The Labute approximate surface area is 157 Å². The topological polar surface area (TPSA) is 12.0 Å². The second-order valence-electron chi connectivity index (χ2n) is 7.77. The van der Waals surface area contributed by atoms with Crippen molar-refractivity contribution in [2.45, 2.75) is 73.9 Å². The number of nitrogens with one attached hydrogen (secondary N) is 1. The van der Waals surface area contributed by atoms with Crippen molar-refractivity contribution in [2.24, 2.45) is 17.8 Å². The molecule has 0 bridgehead atoms. The molecule has 0 aromatic heterocycles. The lowest BCUT2D eigenvalue weighted by atomic mass is 9.91. The van der Waals surface area contributed by atoms with Crippen LogP contribution in [0.15, 0.2) is 60.3 Å². The molecular weight excluding hydrogens is 302 g/mol. The minimum absolute atomic E-state index is 0.257. The van der Waals surface area contributed by atoms with E-state index in [-0.39, 0.29) is 6.04 Å². The van der Waals surface area contributed by atoms with Gasteiger partial charge >= 0.3 is 0 Å². The smallest absolute Gasteiger partial charge is 0.0288 e. The zero-order valence-corrected chi connectivity index (χ0v) is 17.9. The highest BCUT2D eigenvalue weighted by molar-refractivity contribution is 5.26. The number of hydrogen-bond acceptors (Lipinski definition) is 1. The fraction of sp³-hybridized carbons (Fsp3) is 0.583. The van der Waals surface area contributed by atoms with Gasteiger partial charge in [-0.1, -0.05) is 83.7 Å². The molecule has 1 nitrogen and oxygen atoms in total. The van der Waals surface area contributed by atoms with E-state index in [1.807, 2.05) is 6.08 Å². The van der Waals surface area contributed by atoms with Gasteiger partial charge in [-0.3, -0.25) is 0 Å². The van der Waals surface area contributed by atoms with Crippen LogP contribution in [-0.2, 0) is 0 Å². The van der Waals surface area contributed by atoms with Gasteiger partial charge in [-0.15, -0.1) is 0 Å². The number of allylic oxidation sites excluding steroid dienone is 5. The van der Waals surface area contributed by atoms with Gasteiger partial charge < -0.3 is 5.32 Å². The highest BCUT2D eigenvalue weighted by atomic mass is 14.9. The predicted octanol–water partition coefficient (Wildman–Crippen LogP) is 6.86. The number of hydrogen-bond donors (Lipinski definition) is 1. The zero-order valence-electron chi connectivity index (χ0n) is 17.9. The third-order valence-corrected chi connectivity index (χ3v) is 5.07. The van der Waals surface area contributed by atoms with E-state index in [4.69, 9.17) is 0 Å². The molecule has 25 heavy (non-hydrogen) atoms. The first-order valence-electron chi connectivity index (χ1n) is 9.77. The average Bonchev–Trinajstić information content (AvgIpc) is 2.54. The molecule has 1 N–H and O–H groups in total. The molecule has 0 aliphatic rings. The summed E-state index contributed by atoms with van der Waals surface area (Å²) in [5, 5.41) is 3.71. The first-order valence-corrected chi connectivity index (χ1v) is 9.77. The molecule has 0 heterocycles. The summed E-state index contributed by atoms with van der Waals surface area (Å²) in [4.78, 5) is 0. The molecule has 0 amide bonds. The highest BCUT2D eigenvalue weighted by Gasteiger charge is 2.17. The molecule has 0 radical (unpaired) electrons. The summed E-state index contributed by atoms with van der Waals surface area (Å²) in [6.45, 7) is 25.9. The molecule has 0 saturated carbocycles. The van der Waals surface area contributed by atoms with Crippen LogP contribution in [0.2, 0.25) is 0 Å². The van der Waals surface area contributed by atoms with Crippen LogP contribution in [0.5, 0.6) is 0 Å². The Morgan fingerprint density at radius 2 is 1.64 bits per heavy atom. The van der Waals surface area contributed by atoms with Crippen molar-refractivity contribution in [1.29, 1.82) is 0 Å². The van der Waals surface area contributed by atoms with Gasteiger partial charge in [0.15, 0.2) is 0 Å². The third kappa shape index (κ3) is 9.07. The molecule has 0 spiro atoms. The lowest BCUT2D eigenvalue weighted by Crippen LogP contribution is -2.39. The quantitative estimate of drug-likeness (QED) is 0.404. The summed E-state index contributed by atoms with van der Waals surface area (Å²) in [6.07, 6.45) is 11.9. The summed E-state index contributed by atoms with van der Waals surface area (Å²) in [5.74, 6) is 1.60. The largest absolute Gasteiger partial charge is 0.307 e. The molecule has 0 fully saturated rings. The van der Waals surface area contributed by atoms with E-state index in [1.54, 1.807) is 0 Å². The minimum Gasteiger partial charge on any atom is -0.307 e. The normalized spacial score (nSPS) is 17.2. The van der Waals surface area contributed by atoms with Gasteiger partial charge in [0, 0.05) is 12.1 Å². The van der Waals surface area contributed by atoms with E-state index in [0.717, 1.165) is 12.0 Å². The van der Waals surface area contributed by atoms with Gasteiger partial charge in [0.1, 0.15) is 0 Å². The molecule has 0 aromatic rings. The molecule has 0 aliphatic heterocycles.